The number of ketones is 1. The first-order valence-corrected chi connectivity index (χ1v) is 9.36. The molecule has 0 aliphatic carbocycles. The van der Waals surface area contributed by atoms with Gasteiger partial charge in [0.25, 0.3) is 5.56 Å². The molecule has 3 aromatic rings. The molecule has 0 atom stereocenters. The predicted molar refractivity (Wildman–Crippen MR) is 105 cm³/mol. The number of Topliss-reactive ketones (excluding diaryl/α,β-unsaturated/α-hetero) is 1. The summed E-state index contributed by atoms with van der Waals surface area (Å²) in [5.74, 6) is 0.694. The number of ether oxygens (including phenoxy) is 1. The van der Waals surface area contributed by atoms with Gasteiger partial charge in [-0.25, -0.2) is 0 Å². The Labute approximate surface area is 161 Å². The molecular weight excluding hydrogens is 362 g/mol. The number of nitrogens with one attached hydrogen (secondary N) is 1. The van der Waals surface area contributed by atoms with E-state index in [0.717, 1.165) is 22.9 Å². The molecule has 1 N–H and O–H groups in total. The Hall–Kier alpha value is -2.93. The van der Waals surface area contributed by atoms with Gasteiger partial charge in [-0.05, 0) is 30.2 Å². The number of benzene rings is 2. The smallest absolute Gasteiger partial charge is 0.273 e. The molecule has 6 nitrogen and oxygen atoms in total. The highest BCUT2D eigenvalue weighted by atomic mass is 32.2. The first-order chi connectivity index (χ1) is 13.1. The van der Waals surface area contributed by atoms with Crippen LogP contribution in [0.1, 0.15) is 27.2 Å². The summed E-state index contributed by atoms with van der Waals surface area (Å²) in [6.07, 6.45) is 0.419. The number of nitrogens with zero attached hydrogens (tertiary/aromatic N) is 2. The average molecular weight is 381 g/mol. The summed E-state index contributed by atoms with van der Waals surface area (Å²) in [7, 11) is 1.55. The van der Waals surface area contributed by atoms with Crippen molar-refractivity contribution in [3.05, 3.63) is 81.3 Å². The number of thioether (sulfide) groups is 1. The van der Waals surface area contributed by atoms with E-state index in [1.165, 1.54) is 0 Å². The normalized spacial score (nSPS) is 10.6. The fourth-order valence-electron chi connectivity index (χ4n) is 2.53. The van der Waals surface area contributed by atoms with Gasteiger partial charge in [-0.1, -0.05) is 48.2 Å². The van der Waals surface area contributed by atoms with Gasteiger partial charge >= 0.3 is 0 Å². The largest absolute Gasteiger partial charge is 0.497 e. The molecule has 3 rings (SSSR count). The maximum atomic E-state index is 12.3. The van der Waals surface area contributed by atoms with E-state index >= 15 is 0 Å². The SMILES string of the molecule is COc1cccc(C(=O)CSc2nnc(Cc3ccccc3C)c(=O)[nH]2)c1. The quantitative estimate of drug-likeness (QED) is 0.500. The monoisotopic (exact) mass is 381 g/mol. The Kier molecular flexibility index (Phi) is 6.03. The Morgan fingerprint density at radius 1 is 1.15 bits per heavy atom. The number of rotatable bonds is 7. The molecule has 138 valence electrons. The molecule has 0 saturated heterocycles. The van der Waals surface area contributed by atoms with Crippen LogP contribution in [0.25, 0.3) is 0 Å². The maximum Gasteiger partial charge on any atom is 0.273 e. The Morgan fingerprint density at radius 2 is 1.96 bits per heavy atom. The summed E-state index contributed by atoms with van der Waals surface area (Å²) in [5.41, 5.74) is 2.75. The van der Waals surface area contributed by atoms with E-state index in [2.05, 4.69) is 15.2 Å². The molecule has 27 heavy (non-hydrogen) atoms. The number of aromatic amines is 1. The van der Waals surface area contributed by atoms with E-state index in [1.54, 1.807) is 31.4 Å². The first kappa shape index (κ1) is 18.8. The lowest BCUT2D eigenvalue weighted by Gasteiger charge is -2.05. The molecule has 0 unspecified atom stereocenters. The fraction of sp³-hybridized carbons (Fsp3) is 0.200. The first-order valence-electron chi connectivity index (χ1n) is 8.37. The summed E-state index contributed by atoms with van der Waals surface area (Å²) in [6.45, 7) is 1.99. The Balaban J connectivity index is 1.66. The summed E-state index contributed by atoms with van der Waals surface area (Å²) in [6, 6.07) is 14.8. The van der Waals surface area contributed by atoms with E-state index in [0.29, 0.717) is 28.6 Å². The van der Waals surface area contributed by atoms with Gasteiger partial charge in [-0.2, -0.15) is 0 Å². The fourth-order valence-corrected chi connectivity index (χ4v) is 3.23. The summed E-state index contributed by atoms with van der Waals surface area (Å²) in [4.78, 5) is 27.3. The Morgan fingerprint density at radius 3 is 2.70 bits per heavy atom. The van der Waals surface area contributed by atoms with E-state index in [-0.39, 0.29) is 17.1 Å². The molecule has 1 heterocycles. The van der Waals surface area contributed by atoms with Gasteiger partial charge in [0.05, 0.1) is 12.9 Å². The minimum absolute atomic E-state index is 0.0782. The van der Waals surface area contributed by atoms with Gasteiger partial charge in [0.2, 0.25) is 0 Å². The molecule has 0 saturated carbocycles. The number of methoxy groups -OCH3 is 1. The predicted octanol–water partition coefficient (Wildman–Crippen LogP) is 3.05. The van der Waals surface area contributed by atoms with Crippen LogP contribution < -0.4 is 10.3 Å². The van der Waals surface area contributed by atoms with Crippen LogP contribution in [-0.4, -0.2) is 33.8 Å². The number of hydrogen-bond acceptors (Lipinski definition) is 6. The third-order valence-electron chi connectivity index (χ3n) is 4.09. The van der Waals surface area contributed by atoms with Crippen molar-refractivity contribution in [3.8, 4) is 5.75 Å². The van der Waals surface area contributed by atoms with Crippen LogP contribution in [0.15, 0.2) is 58.5 Å². The van der Waals surface area contributed by atoms with Crippen molar-refractivity contribution in [2.45, 2.75) is 18.5 Å². The zero-order chi connectivity index (χ0) is 19.2. The van der Waals surface area contributed by atoms with Crippen molar-refractivity contribution in [3.63, 3.8) is 0 Å². The van der Waals surface area contributed by atoms with E-state index in [4.69, 9.17) is 4.74 Å². The molecule has 0 aliphatic heterocycles. The third kappa shape index (κ3) is 4.83. The molecule has 1 aromatic heterocycles. The van der Waals surface area contributed by atoms with Crippen molar-refractivity contribution in [2.24, 2.45) is 0 Å². The van der Waals surface area contributed by atoms with Gasteiger partial charge in [-0.3, -0.25) is 14.6 Å². The highest BCUT2D eigenvalue weighted by Crippen LogP contribution is 2.17. The molecule has 0 fully saturated rings. The second-order valence-electron chi connectivity index (χ2n) is 5.95. The van der Waals surface area contributed by atoms with Crippen LogP contribution in [0.5, 0.6) is 5.75 Å². The van der Waals surface area contributed by atoms with Crippen LogP contribution in [0.4, 0.5) is 0 Å². The summed E-state index contributed by atoms with van der Waals surface area (Å²) < 4.78 is 5.13. The maximum absolute atomic E-state index is 12.3. The highest BCUT2D eigenvalue weighted by Gasteiger charge is 2.11. The number of aryl methyl sites for hydroxylation is 1. The minimum atomic E-state index is -0.287. The molecule has 0 bridgehead atoms. The third-order valence-corrected chi connectivity index (χ3v) is 4.96. The molecule has 0 spiro atoms. The molecule has 2 aromatic carbocycles. The number of hydrogen-bond donors (Lipinski definition) is 1. The van der Waals surface area contributed by atoms with Gasteiger partial charge in [0, 0.05) is 12.0 Å². The van der Waals surface area contributed by atoms with Crippen molar-refractivity contribution >= 4 is 17.5 Å². The molecule has 0 aliphatic rings. The zero-order valence-corrected chi connectivity index (χ0v) is 15.9. The van der Waals surface area contributed by atoms with E-state index in [9.17, 15) is 9.59 Å². The number of carbonyl (C=O) groups excluding carboxylic acids is 1. The number of H-pyrrole nitrogens is 1. The van der Waals surface area contributed by atoms with Crippen molar-refractivity contribution < 1.29 is 9.53 Å². The van der Waals surface area contributed by atoms with E-state index in [1.807, 2.05) is 31.2 Å². The molecule has 7 heteroatoms. The molecular formula is C20H19N3O3S. The topological polar surface area (TPSA) is 84.9 Å². The minimum Gasteiger partial charge on any atom is -0.497 e. The molecule has 0 amide bonds. The van der Waals surface area contributed by atoms with Crippen LogP contribution in [0.2, 0.25) is 0 Å². The average Bonchev–Trinajstić information content (AvgIpc) is 2.69. The van der Waals surface area contributed by atoms with Gasteiger partial charge in [-0.15, -0.1) is 10.2 Å². The summed E-state index contributed by atoms with van der Waals surface area (Å²) >= 11 is 1.15. The van der Waals surface area contributed by atoms with Gasteiger partial charge < -0.3 is 4.74 Å². The molecule has 0 radical (unpaired) electrons. The highest BCUT2D eigenvalue weighted by molar-refractivity contribution is 7.99. The lowest BCUT2D eigenvalue weighted by atomic mass is 10.0. The van der Waals surface area contributed by atoms with Crippen molar-refractivity contribution in [2.75, 3.05) is 12.9 Å². The van der Waals surface area contributed by atoms with Crippen LogP contribution in [-0.2, 0) is 6.42 Å². The second kappa shape index (κ2) is 8.64. The zero-order valence-electron chi connectivity index (χ0n) is 15.1. The van der Waals surface area contributed by atoms with Crippen molar-refractivity contribution in [1.29, 1.82) is 0 Å². The lowest BCUT2D eigenvalue weighted by molar-refractivity contribution is 0.102. The number of carbonyl (C=O) groups is 1. The van der Waals surface area contributed by atoms with E-state index < -0.39 is 0 Å². The van der Waals surface area contributed by atoms with Gasteiger partial charge in [0.15, 0.2) is 10.9 Å². The van der Waals surface area contributed by atoms with Gasteiger partial charge in [0.1, 0.15) is 11.4 Å². The van der Waals surface area contributed by atoms with Crippen molar-refractivity contribution in [1.82, 2.24) is 15.2 Å². The van der Waals surface area contributed by atoms with Crippen LogP contribution in [0.3, 0.4) is 0 Å². The number of aromatic nitrogens is 3. The Bertz CT molecular complexity index is 1020. The standard InChI is InChI=1S/C20H19N3O3S/c1-13-6-3-4-7-14(13)11-17-19(25)21-20(23-22-17)27-12-18(24)15-8-5-9-16(10-15)26-2/h3-10H,11-12H2,1-2H3,(H,21,23,25). The second-order valence-corrected chi connectivity index (χ2v) is 6.92. The lowest BCUT2D eigenvalue weighted by Crippen LogP contribution is -2.18. The summed E-state index contributed by atoms with van der Waals surface area (Å²) in [5, 5.41) is 8.42. The van der Waals surface area contributed by atoms with Crippen LogP contribution >= 0.6 is 11.8 Å². The van der Waals surface area contributed by atoms with Crippen LogP contribution in [0, 0.1) is 6.92 Å².